The molecule has 0 aromatic heterocycles. The fourth-order valence-electron chi connectivity index (χ4n) is 3.71. The van der Waals surface area contributed by atoms with Crippen LogP contribution in [-0.4, -0.2) is 25.8 Å². The molecule has 0 aromatic rings. The van der Waals surface area contributed by atoms with Crippen molar-refractivity contribution in [2.45, 2.75) is 65.5 Å². The van der Waals surface area contributed by atoms with Crippen LogP contribution in [0, 0.1) is 17.8 Å². The van der Waals surface area contributed by atoms with Gasteiger partial charge >= 0.3 is 0 Å². The minimum atomic E-state index is 0.373. The normalized spacial score (nSPS) is 33.4. The molecule has 0 radical (unpaired) electrons. The van der Waals surface area contributed by atoms with Crippen molar-refractivity contribution in [3.63, 3.8) is 0 Å². The van der Waals surface area contributed by atoms with Crippen molar-refractivity contribution in [1.82, 2.24) is 5.32 Å². The van der Waals surface area contributed by atoms with Crippen LogP contribution in [0.2, 0.25) is 0 Å². The molecule has 1 N–H and O–H groups in total. The van der Waals surface area contributed by atoms with Crippen LogP contribution in [0.3, 0.4) is 0 Å². The van der Waals surface area contributed by atoms with E-state index in [0.29, 0.717) is 12.1 Å². The molecule has 0 aromatic carbocycles. The second-order valence-electron chi connectivity index (χ2n) is 5.94. The summed E-state index contributed by atoms with van der Waals surface area (Å²) in [6, 6.07) is 0.542. The lowest BCUT2D eigenvalue weighted by Crippen LogP contribution is -2.48. The summed E-state index contributed by atoms with van der Waals surface area (Å²) in [4.78, 5) is 0. The highest BCUT2D eigenvalue weighted by atomic mass is 16.5. The van der Waals surface area contributed by atoms with Gasteiger partial charge in [0.2, 0.25) is 0 Å². The third kappa shape index (κ3) is 4.26. The van der Waals surface area contributed by atoms with E-state index in [-0.39, 0.29) is 0 Å². The Morgan fingerprint density at radius 2 is 1.71 bits per heavy atom. The fraction of sp³-hybridized carbons (Fsp3) is 1.00. The molecule has 0 bridgehead atoms. The second kappa shape index (κ2) is 7.38. The maximum atomic E-state index is 5.68. The van der Waals surface area contributed by atoms with Crippen molar-refractivity contribution in [3.8, 4) is 0 Å². The van der Waals surface area contributed by atoms with E-state index in [1.807, 2.05) is 7.11 Å². The highest BCUT2D eigenvalue weighted by Crippen LogP contribution is 2.36. The second-order valence-corrected chi connectivity index (χ2v) is 5.94. The van der Waals surface area contributed by atoms with Gasteiger partial charge in [0.25, 0.3) is 0 Å². The highest BCUT2D eigenvalue weighted by molar-refractivity contribution is 4.88. The fourth-order valence-corrected chi connectivity index (χ4v) is 3.71. The summed E-state index contributed by atoms with van der Waals surface area (Å²) in [6.07, 6.45) is 5.61. The highest BCUT2D eigenvalue weighted by Gasteiger charge is 2.33. The first-order valence-electron chi connectivity index (χ1n) is 7.38. The molecule has 0 saturated heterocycles. The minimum Gasteiger partial charge on any atom is -0.380 e. The predicted molar refractivity (Wildman–Crippen MR) is 74.2 cm³/mol. The zero-order valence-electron chi connectivity index (χ0n) is 12.3. The summed E-state index contributed by atoms with van der Waals surface area (Å²) in [5.74, 6) is 2.54. The Hall–Kier alpha value is -0.0800. The van der Waals surface area contributed by atoms with Gasteiger partial charge in [-0.05, 0) is 50.0 Å². The Bertz CT molecular complexity index is 193. The van der Waals surface area contributed by atoms with Crippen LogP contribution in [0.25, 0.3) is 0 Å². The third-order valence-corrected chi connectivity index (χ3v) is 4.27. The number of methoxy groups -OCH3 is 1. The summed E-state index contributed by atoms with van der Waals surface area (Å²) in [5.41, 5.74) is 0. The van der Waals surface area contributed by atoms with Crippen LogP contribution in [-0.2, 0) is 4.74 Å². The van der Waals surface area contributed by atoms with Gasteiger partial charge < -0.3 is 10.1 Å². The zero-order chi connectivity index (χ0) is 12.8. The summed E-state index contributed by atoms with van der Waals surface area (Å²) in [5, 5.41) is 3.67. The van der Waals surface area contributed by atoms with Gasteiger partial charge in [0.05, 0.1) is 6.10 Å². The predicted octanol–water partition coefficient (Wildman–Crippen LogP) is 3.46. The van der Waals surface area contributed by atoms with E-state index in [2.05, 4.69) is 33.0 Å². The molecule has 17 heavy (non-hydrogen) atoms. The topological polar surface area (TPSA) is 21.3 Å². The van der Waals surface area contributed by atoms with Gasteiger partial charge in [-0.1, -0.05) is 27.7 Å². The van der Waals surface area contributed by atoms with E-state index in [0.717, 1.165) is 30.7 Å². The minimum absolute atomic E-state index is 0.373. The van der Waals surface area contributed by atoms with Crippen molar-refractivity contribution < 1.29 is 4.74 Å². The van der Waals surface area contributed by atoms with Gasteiger partial charge in [-0.15, -0.1) is 0 Å². The van der Waals surface area contributed by atoms with E-state index in [1.165, 1.54) is 19.3 Å². The molecule has 0 aliphatic heterocycles. The van der Waals surface area contributed by atoms with Crippen molar-refractivity contribution in [3.05, 3.63) is 0 Å². The molecule has 2 heteroatoms. The zero-order valence-corrected chi connectivity index (χ0v) is 12.3. The van der Waals surface area contributed by atoms with E-state index in [9.17, 15) is 0 Å². The van der Waals surface area contributed by atoms with Crippen LogP contribution < -0.4 is 5.32 Å². The van der Waals surface area contributed by atoms with Gasteiger partial charge in [0.1, 0.15) is 0 Å². The lowest BCUT2D eigenvalue weighted by molar-refractivity contribution is 0.0266. The molecule has 4 atom stereocenters. The maximum absolute atomic E-state index is 5.68. The van der Waals surface area contributed by atoms with E-state index in [1.54, 1.807) is 0 Å². The van der Waals surface area contributed by atoms with E-state index >= 15 is 0 Å². The Balaban J connectivity index is 2.67. The molecule has 1 saturated carbocycles. The van der Waals surface area contributed by atoms with Gasteiger partial charge in [-0.3, -0.25) is 0 Å². The van der Waals surface area contributed by atoms with Crippen LogP contribution in [0.1, 0.15) is 53.4 Å². The number of nitrogens with one attached hydrogen (secondary N) is 1. The van der Waals surface area contributed by atoms with Gasteiger partial charge in [0, 0.05) is 13.2 Å². The molecule has 4 unspecified atom stereocenters. The largest absolute Gasteiger partial charge is 0.380 e. The summed E-state index contributed by atoms with van der Waals surface area (Å²) in [6.45, 7) is 10.3. The van der Waals surface area contributed by atoms with E-state index in [4.69, 9.17) is 4.74 Å². The number of hydrogen-bond acceptors (Lipinski definition) is 2. The molecular weight excluding hydrogens is 210 g/mol. The smallest absolute Gasteiger partial charge is 0.0724 e. The number of ether oxygens (including phenoxy) is 1. The Morgan fingerprint density at radius 3 is 2.12 bits per heavy atom. The number of rotatable bonds is 6. The summed E-state index contributed by atoms with van der Waals surface area (Å²) < 4.78 is 5.68. The van der Waals surface area contributed by atoms with Crippen molar-refractivity contribution in [2.24, 2.45) is 17.8 Å². The van der Waals surface area contributed by atoms with Crippen LogP contribution in [0.15, 0.2) is 0 Å². The maximum Gasteiger partial charge on any atom is 0.0724 e. The lowest BCUT2D eigenvalue weighted by Gasteiger charge is -2.39. The van der Waals surface area contributed by atoms with Crippen LogP contribution in [0.4, 0.5) is 0 Å². The third-order valence-electron chi connectivity index (χ3n) is 4.27. The van der Waals surface area contributed by atoms with E-state index < -0.39 is 0 Å². The molecular formula is C15H31NO. The van der Waals surface area contributed by atoms with Gasteiger partial charge in [-0.25, -0.2) is 0 Å². The van der Waals surface area contributed by atoms with Crippen molar-refractivity contribution in [1.29, 1.82) is 0 Å². The molecule has 1 fully saturated rings. The molecule has 1 aliphatic carbocycles. The molecule has 2 nitrogen and oxygen atoms in total. The van der Waals surface area contributed by atoms with Crippen molar-refractivity contribution in [2.75, 3.05) is 13.7 Å². The van der Waals surface area contributed by atoms with Crippen molar-refractivity contribution >= 4 is 0 Å². The standard InChI is InChI=1S/C15H31NO/c1-6-14(17-5)15(16-7-2)13-9-11(3)8-12(4)10-13/h11-16H,6-10H2,1-5H3. The number of hydrogen-bond donors (Lipinski definition) is 1. The molecule has 0 amide bonds. The van der Waals surface area contributed by atoms with Crippen LogP contribution in [0.5, 0.6) is 0 Å². The number of likely N-dealkylation sites (N-methyl/N-ethyl adjacent to an activating group) is 1. The quantitative estimate of drug-likeness (QED) is 0.769. The molecule has 102 valence electrons. The molecule has 0 heterocycles. The summed E-state index contributed by atoms with van der Waals surface area (Å²) >= 11 is 0. The van der Waals surface area contributed by atoms with Gasteiger partial charge in [0.15, 0.2) is 0 Å². The molecule has 1 rings (SSSR count). The first-order chi connectivity index (χ1) is 8.12. The Morgan fingerprint density at radius 1 is 1.12 bits per heavy atom. The Kier molecular flexibility index (Phi) is 6.50. The average molecular weight is 241 g/mol. The molecule has 1 aliphatic rings. The average Bonchev–Trinajstić information content (AvgIpc) is 2.28. The van der Waals surface area contributed by atoms with Crippen LogP contribution >= 0.6 is 0 Å². The first-order valence-corrected chi connectivity index (χ1v) is 7.38. The van der Waals surface area contributed by atoms with Gasteiger partial charge in [-0.2, -0.15) is 0 Å². The SMILES string of the molecule is CCNC(C1CC(C)CC(C)C1)C(CC)OC. The Labute approximate surface area is 108 Å². The first kappa shape index (κ1) is 15.0. The monoisotopic (exact) mass is 241 g/mol. The summed E-state index contributed by atoms with van der Waals surface area (Å²) in [7, 11) is 1.86. The lowest BCUT2D eigenvalue weighted by atomic mass is 9.72. The molecule has 0 spiro atoms.